The van der Waals surface area contributed by atoms with Crippen LogP contribution in [0.25, 0.3) is 44.1 Å². The second-order valence-electron chi connectivity index (χ2n) is 8.96. The van der Waals surface area contributed by atoms with Gasteiger partial charge in [-0.15, -0.1) is 0 Å². The molecule has 1 saturated heterocycles. The van der Waals surface area contributed by atoms with Crippen LogP contribution in [-0.2, 0) is 7.05 Å². The average Bonchev–Trinajstić information content (AvgIpc) is 3.50. The molecule has 0 bridgehead atoms. The number of aromatic amines is 1. The first-order valence-electron chi connectivity index (χ1n) is 11.2. The van der Waals surface area contributed by atoms with Crippen molar-refractivity contribution in [1.29, 1.82) is 0 Å². The van der Waals surface area contributed by atoms with Gasteiger partial charge in [0.2, 0.25) is 0 Å². The van der Waals surface area contributed by atoms with Gasteiger partial charge in [0.1, 0.15) is 0 Å². The maximum Gasteiger partial charge on any atom is 0.0489 e. The van der Waals surface area contributed by atoms with E-state index in [1.807, 2.05) is 0 Å². The standard InChI is InChI=1S/C27H28N4/c1-29-13-11-19(12-14-29)31-18-25(21-8-4-6-10-27(21)31)23-16-28-15-22(23)24-17-30(2)26-9-5-3-7-20(24)26/h3-10,15-19,28H,11-14H2,1-2H3. The Labute approximate surface area is 182 Å². The minimum absolute atomic E-state index is 0.565. The Balaban J connectivity index is 1.53. The fourth-order valence-electron chi connectivity index (χ4n) is 5.36. The molecule has 0 aliphatic carbocycles. The Morgan fingerprint density at radius 2 is 1.29 bits per heavy atom. The highest BCUT2D eigenvalue weighted by molar-refractivity contribution is 6.04. The molecule has 0 spiro atoms. The van der Waals surface area contributed by atoms with Crippen LogP contribution in [0.5, 0.6) is 0 Å². The number of piperidine rings is 1. The van der Waals surface area contributed by atoms with E-state index in [1.54, 1.807) is 0 Å². The molecule has 3 aromatic heterocycles. The van der Waals surface area contributed by atoms with Crippen molar-refractivity contribution in [3.63, 3.8) is 0 Å². The van der Waals surface area contributed by atoms with Crippen LogP contribution in [-0.4, -0.2) is 39.2 Å². The third-order valence-electron chi connectivity index (χ3n) is 7.04. The van der Waals surface area contributed by atoms with Crippen molar-refractivity contribution in [2.45, 2.75) is 18.9 Å². The minimum atomic E-state index is 0.565. The molecular weight excluding hydrogens is 380 g/mol. The predicted molar refractivity (Wildman–Crippen MR) is 129 cm³/mol. The van der Waals surface area contributed by atoms with E-state index in [4.69, 9.17) is 0 Å². The summed E-state index contributed by atoms with van der Waals surface area (Å²) in [7, 11) is 4.36. The van der Waals surface area contributed by atoms with Gasteiger partial charge in [0, 0.05) is 81.9 Å². The lowest BCUT2D eigenvalue weighted by atomic mass is 9.98. The first-order valence-corrected chi connectivity index (χ1v) is 11.2. The van der Waals surface area contributed by atoms with Crippen molar-refractivity contribution in [3.8, 4) is 22.3 Å². The smallest absolute Gasteiger partial charge is 0.0489 e. The first-order chi connectivity index (χ1) is 15.2. The largest absolute Gasteiger partial charge is 0.366 e. The number of likely N-dealkylation sites (tertiary alicyclic amines) is 1. The third-order valence-corrected chi connectivity index (χ3v) is 7.04. The summed E-state index contributed by atoms with van der Waals surface area (Å²) in [4.78, 5) is 5.84. The summed E-state index contributed by atoms with van der Waals surface area (Å²) >= 11 is 0. The molecule has 31 heavy (non-hydrogen) atoms. The molecule has 0 saturated carbocycles. The Morgan fingerprint density at radius 3 is 2.00 bits per heavy atom. The molecule has 156 valence electrons. The van der Waals surface area contributed by atoms with Crippen LogP contribution in [0, 0.1) is 0 Å². The predicted octanol–water partition coefficient (Wildman–Crippen LogP) is 6.06. The van der Waals surface area contributed by atoms with Crippen LogP contribution in [0.2, 0.25) is 0 Å². The van der Waals surface area contributed by atoms with Gasteiger partial charge in [0.15, 0.2) is 0 Å². The van der Waals surface area contributed by atoms with E-state index < -0.39 is 0 Å². The zero-order valence-corrected chi connectivity index (χ0v) is 18.2. The van der Waals surface area contributed by atoms with Crippen LogP contribution in [0.15, 0.2) is 73.3 Å². The van der Waals surface area contributed by atoms with Crippen molar-refractivity contribution in [1.82, 2.24) is 19.0 Å². The van der Waals surface area contributed by atoms with Gasteiger partial charge in [0.05, 0.1) is 0 Å². The van der Waals surface area contributed by atoms with E-state index in [0.717, 1.165) is 13.1 Å². The number of hydrogen-bond donors (Lipinski definition) is 1. The van der Waals surface area contributed by atoms with Crippen LogP contribution in [0.1, 0.15) is 18.9 Å². The second kappa shape index (κ2) is 7.17. The number of aromatic nitrogens is 3. The highest BCUT2D eigenvalue weighted by atomic mass is 15.1. The highest BCUT2D eigenvalue weighted by Gasteiger charge is 2.23. The Morgan fingerprint density at radius 1 is 0.710 bits per heavy atom. The molecule has 0 amide bonds. The number of hydrogen-bond acceptors (Lipinski definition) is 1. The number of para-hydroxylation sites is 2. The van der Waals surface area contributed by atoms with Crippen LogP contribution >= 0.6 is 0 Å². The maximum absolute atomic E-state index is 3.40. The molecule has 0 atom stereocenters. The van der Waals surface area contributed by atoms with Gasteiger partial charge in [-0.25, -0.2) is 0 Å². The van der Waals surface area contributed by atoms with E-state index in [-0.39, 0.29) is 0 Å². The summed E-state index contributed by atoms with van der Waals surface area (Å²) < 4.78 is 4.76. The Hall–Kier alpha value is -3.24. The van der Waals surface area contributed by atoms with Crippen molar-refractivity contribution in [2.75, 3.05) is 20.1 Å². The lowest BCUT2D eigenvalue weighted by molar-refractivity contribution is 0.224. The van der Waals surface area contributed by atoms with E-state index in [0.29, 0.717) is 6.04 Å². The minimum Gasteiger partial charge on any atom is -0.366 e. The normalized spacial score (nSPS) is 15.9. The SMILES string of the molecule is CN1CCC(n2cc(-c3c[nH]cc3-c3cn(C)c4ccccc34)c3ccccc32)CC1. The Bertz CT molecular complexity index is 1380. The molecule has 4 heteroatoms. The quantitative estimate of drug-likeness (QED) is 0.386. The summed E-state index contributed by atoms with van der Waals surface area (Å²) in [5.41, 5.74) is 7.75. The van der Waals surface area contributed by atoms with Gasteiger partial charge in [-0.1, -0.05) is 36.4 Å². The molecule has 5 aromatic rings. The monoisotopic (exact) mass is 408 g/mol. The molecule has 1 aliphatic heterocycles. The number of nitrogens with zero attached hydrogens (tertiary/aromatic N) is 3. The van der Waals surface area contributed by atoms with Gasteiger partial charge < -0.3 is 19.0 Å². The summed E-state index contributed by atoms with van der Waals surface area (Å²) in [5, 5.41) is 2.63. The van der Waals surface area contributed by atoms with Crippen molar-refractivity contribution in [2.24, 2.45) is 7.05 Å². The molecule has 1 aliphatic rings. The number of fused-ring (bicyclic) bond motifs is 2. The van der Waals surface area contributed by atoms with E-state index in [2.05, 4.69) is 106 Å². The average molecular weight is 409 g/mol. The number of rotatable bonds is 3. The zero-order chi connectivity index (χ0) is 20.9. The summed E-state index contributed by atoms with van der Waals surface area (Å²) in [5.74, 6) is 0. The highest BCUT2D eigenvalue weighted by Crippen LogP contribution is 2.41. The van der Waals surface area contributed by atoms with Gasteiger partial charge >= 0.3 is 0 Å². The lowest BCUT2D eigenvalue weighted by Gasteiger charge is -2.30. The number of aryl methyl sites for hydroxylation is 1. The van der Waals surface area contributed by atoms with Gasteiger partial charge in [-0.2, -0.15) is 0 Å². The Kier molecular flexibility index (Phi) is 4.29. The fraction of sp³-hybridized carbons (Fsp3) is 0.259. The second-order valence-corrected chi connectivity index (χ2v) is 8.96. The molecule has 1 N–H and O–H groups in total. The van der Waals surface area contributed by atoms with Crippen LogP contribution in [0.3, 0.4) is 0 Å². The zero-order valence-electron chi connectivity index (χ0n) is 18.2. The van der Waals surface area contributed by atoms with Crippen LogP contribution in [0.4, 0.5) is 0 Å². The van der Waals surface area contributed by atoms with Crippen LogP contribution < -0.4 is 0 Å². The number of benzene rings is 2. The summed E-state index contributed by atoms with van der Waals surface area (Å²) in [6, 6.07) is 18.1. The van der Waals surface area contributed by atoms with Gasteiger partial charge in [-0.3, -0.25) is 0 Å². The van der Waals surface area contributed by atoms with Crippen molar-refractivity contribution >= 4 is 21.8 Å². The lowest BCUT2D eigenvalue weighted by Crippen LogP contribution is -2.31. The van der Waals surface area contributed by atoms with E-state index in [1.165, 1.54) is 56.9 Å². The van der Waals surface area contributed by atoms with Gasteiger partial charge in [-0.05, 0) is 45.1 Å². The molecule has 0 radical (unpaired) electrons. The molecule has 4 nitrogen and oxygen atoms in total. The van der Waals surface area contributed by atoms with Crippen molar-refractivity contribution < 1.29 is 0 Å². The first kappa shape index (κ1) is 18.5. The summed E-state index contributed by atoms with van der Waals surface area (Å²) in [6.45, 7) is 2.33. The van der Waals surface area contributed by atoms with E-state index in [9.17, 15) is 0 Å². The van der Waals surface area contributed by atoms with Gasteiger partial charge in [0.25, 0.3) is 0 Å². The summed E-state index contributed by atoms with van der Waals surface area (Å²) in [6.07, 6.45) is 11.4. The molecule has 2 aromatic carbocycles. The molecule has 1 fully saturated rings. The maximum atomic E-state index is 3.40. The molecular formula is C27H28N4. The van der Waals surface area contributed by atoms with Crippen molar-refractivity contribution in [3.05, 3.63) is 73.3 Å². The molecule has 6 rings (SSSR count). The fourth-order valence-corrected chi connectivity index (χ4v) is 5.36. The number of H-pyrrole nitrogens is 1. The number of nitrogens with one attached hydrogen (secondary N) is 1. The third kappa shape index (κ3) is 2.94. The molecule has 0 unspecified atom stereocenters. The topological polar surface area (TPSA) is 28.9 Å². The van der Waals surface area contributed by atoms with E-state index >= 15 is 0 Å². The molecule has 4 heterocycles.